The van der Waals surface area contributed by atoms with Crippen molar-refractivity contribution in [1.82, 2.24) is 19.8 Å². The van der Waals surface area contributed by atoms with Gasteiger partial charge in [-0.05, 0) is 98.7 Å². The maximum atomic E-state index is 12.9. The maximum absolute atomic E-state index is 12.9. The van der Waals surface area contributed by atoms with E-state index in [0.717, 1.165) is 45.3 Å². The number of anilines is 2. The predicted octanol–water partition coefficient (Wildman–Crippen LogP) is 5.86. The number of hydrogen-bond acceptors (Lipinski definition) is 4. The molecule has 206 valence electrons. The first kappa shape index (κ1) is 27.4. The van der Waals surface area contributed by atoms with Crippen LogP contribution in [0.3, 0.4) is 0 Å². The van der Waals surface area contributed by atoms with E-state index in [1.807, 2.05) is 69.7 Å². The van der Waals surface area contributed by atoms with Crippen LogP contribution in [0.15, 0.2) is 79.0 Å². The maximum Gasteiger partial charge on any atom is 0.226 e. The first-order chi connectivity index (χ1) is 19.2. The van der Waals surface area contributed by atoms with Crippen LogP contribution in [-0.2, 0) is 4.79 Å². The topological polar surface area (TPSA) is 65.4 Å². The van der Waals surface area contributed by atoms with Gasteiger partial charge in [-0.2, -0.15) is 0 Å². The monoisotopic (exact) mass is 552 g/mol. The first-order valence-corrected chi connectivity index (χ1v) is 13.9. The van der Waals surface area contributed by atoms with Gasteiger partial charge in [-0.3, -0.25) is 9.78 Å². The Morgan fingerprint density at radius 2 is 1.80 bits per heavy atom. The van der Waals surface area contributed by atoms with Crippen LogP contribution in [0.25, 0.3) is 5.69 Å². The third-order valence-corrected chi connectivity index (χ3v) is 7.84. The molecule has 2 N–H and O–H groups in total. The largest absolute Gasteiger partial charge is 0.378 e. The lowest BCUT2D eigenvalue weighted by molar-refractivity contribution is -0.116. The first-order valence-electron chi connectivity index (χ1n) is 13.5. The van der Waals surface area contributed by atoms with E-state index in [0.29, 0.717) is 18.1 Å². The second kappa shape index (κ2) is 11.5. The minimum absolute atomic E-state index is 0.0418. The number of carbonyl (C=O) groups is 1. The van der Waals surface area contributed by atoms with Crippen molar-refractivity contribution in [3.8, 4) is 5.69 Å². The average molecular weight is 553 g/mol. The van der Waals surface area contributed by atoms with Crippen molar-refractivity contribution >= 4 is 34.6 Å². The molecule has 8 heteroatoms. The van der Waals surface area contributed by atoms with E-state index in [1.165, 1.54) is 0 Å². The normalized spacial score (nSPS) is 16.6. The van der Waals surface area contributed by atoms with E-state index < -0.39 is 0 Å². The van der Waals surface area contributed by atoms with Crippen molar-refractivity contribution in [3.63, 3.8) is 0 Å². The molecule has 7 nitrogen and oxygen atoms in total. The minimum Gasteiger partial charge on any atom is -0.378 e. The summed E-state index contributed by atoms with van der Waals surface area (Å²) in [6, 6.07) is 24.3. The summed E-state index contributed by atoms with van der Waals surface area (Å²) in [6.45, 7) is 6.78. The standard InChI is InChI=1S/C32H36N6OS/c1-21-9-8-10-24(19-21)34-29(39)16-18-37-31(30(35-32(37)40)28-11-6-7-17-33-28)27-20-22(2)38(23(27)3)26-14-12-25(13-15-26)36(4)5/h6-15,17,19-20,30-31H,16,18H2,1-5H3,(H,34,39)(H,35,40). The molecular weight excluding hydrogens is 516 g/mol. The van der Waals surface area contributed by atoms with Gasteiger partial charge in [0.15, 0.2) is 5.11 Å². The Kier molecular flexibility index (Phi) is 7.89. The van der Waals surface area contributed by atoms with E-state index in [2.05, 4.69) is 74.2 Å². The molecule has 2 aromatic heterocycles. The van der Waals surface area contributed by atoms with E-state index in [1.54, 1.807) is 0 Å². The van der Waals surface area contributed by atoms with E-state index in [-0.39, 0.29) is 18.0 Å². The van der Waals surface area contributed by atoms with E-state index in [4.69, 9.17) is 12.2 Å². The smallest absolute Gasteiger partial charge is 0.226 e. The Labute approximate surface area is 241 Å². The second-order valence-corrected chi connectivity index (χ2v) is 10.9. The van der Waals surface area contributed by atoms with Gasteiger partial charge in [0.25, 0.3) is 0 Å². The molecule has 0 radical (unpaired) electrons. The van der Waals surface area contributed by atoms with Crippen LogP contribution < -0.4 is 15.5 Å². The second-order valence-electron chi connectivity index (χ2n) is 10.6. The number of nitrogens with one attached hydrogen (secondary N) is 2. The Hall–Kier alpha value is -4.17. The number of nitrogens with zero attached hydrogens (tertiary/aromatic N) is 4. The molecule has 1 amide bonds. The molecule has 4 aromatic rings. The fourth-order valence-electron chi connectivity index (χ4n) is 5.54. The molecule has 3 heterocycles. The number of aromatic nitrogens is 2. The lowest BCUT2D eigenvalue weighted by atomic mass is 9.96. The van der Waals surface area contributed by atoms with Gasteiger partial charge in [-0.1, -0.05) is 18.2 Å². The SMILES string of the molecule is Cc1cccc(NC(=O)CCN2C(=S)NC(c3ccccn3)C2c2cc(C)n(-c3ccc(N(C)C)cc3)c2C)c1. The van der Waals surface area contributed by atoms with Crippen LogP contribution in [0.2, 0.25) is 0 Å². The minimum atomic E-state index is -0.140. The zero-order valence-corrected chi connectivity index (χ0v) is 24.5. The van der Waals surface area contributed by atoms with Gasteiger partial charge in [-0.25, -0.2) is 0 Å². The highest BCUT2D eigenvalue weighted by Gasteiger charge is 2.41. The quantitative estimate of drug-likeness (QED) is 0.267. The van der Waals surface area contributed by atoms with E-state index >= 15 is 0 Å². The predicted molar refractivity (Wildman–Crippen MR) is 166 cm³/mol. The van der Waals surface area contributed by atoms with Gasteiger partial charge in [-0.15, -0.1) is 0 Å². The van der Waals surface area contributed by atoms with Crippen LogP contribution in [0, 0.1) is 20.8 Å². The summed E-state index contributed by atoms with van der Waals surface area (Å²) in [5.74, 6) is -0.0418. The number of aryl methyl sites for hydroxylation is 2. The van der Waals surface area contributed by atoms with Crippen molar-refractivity contribution in [3.05, 3.63) is 107 Å². The summed E-state index contributed by atoms with van der Waals surface area (Å²) in [6.07, 6.45) is 2.12. The Bertz CT molecular complexity index is 1510. The molecule has 40 heavy (non-hydrogen) atoms. The van der Waals surface area contributed by atoms with Gasteiger partial charge in [0.05, 0.1) is 17.8 Å². The number of pyridine rings is 1. The Morgan fingerprint density at radius 3 is 2.48 bits per heavy atom. The van der Waals surface area contributed by atoms with Crippen LogP contribution in [0.4, 0.5) is 11.4 Å². The van der Waals surface area contributed by atoms with Gasteiger partial charge < -0.3 is 25.0 Å². The van der Waals surface area contributed by atoms with Crippen LogP contribution in [0.5, 0.6) is 0 Å². The van der Waals surface area contributed by atoms with Gasteiger partial charge in [0.2, 0.25) is 5.91 Å². The molecule has 1 saturated heterocycles. The molecule has 1 aliphatic rings. The lowest BCUT2D eigenvalue weighted by Gasteiger charge is -2.28. The van der Waals surface area contributed by atoms with Gasteiger partial charge >= 0.3 is 0 Å². The zero-order chi connectivity index (χ0) is 28.4. The fourth-order valence-corrected chi connectivity index (χ4v) is 5.87. The highest BCUT2D eigenvalue weighted by atomic mass is 32.1. The zero-order valence-electron chi connectivity index (χ0n) is 23.7. The van der Waals surface area contributed by atoms with E-state index in [9.17, 15) is 4.79 Å². The fraction of sp³-hybridized carbons (Fsp3) is 0.281. The number of amides is 1. The van der Waals surface area contributed by atoms with Crippen molar-refractivity contribution in [2.75, 3.05) is 30.9 Å². The summed E-state index contributed by atoms with van der Waals surface area (Å²) < 4.78 is 2.29. The number of thiocarbonyl (C=S) groups is 1. The average Bonchev–Trinajstić information content (AvgIpc) is 3.42. The summed E-state index contributed by atoms with van der Waals surface area (Å²) in [4.78, 5) is 21.9. The summed E-state index contributed by atoms with van der Waals surface area (Å²) in [7, 11) is 4.09. The summed E-state index contributed by atoms with van der Waals surface area (Å²) in [5.41, 5.74) is 8.53. The molecule has 2 atom stereocenters. The van der Waals surface area contributed by atoms with Crippen LogP contribution in [0.1, 0.15) is 46.7 Å². The lowest BCUT2D eigenvalue weighted by Crippen LogP contribution is -2.32. The molecule has 2 unspecified atom stereocenters. The number of benzene rings is 2. The third kappa shape index (κ3) is 5.58. The molecule has 0 aliphatic carbocycles. The highest BCUT2D eigenvalue weighted by molar-refractivity contribution is 7.80. The van der Waals surface area contributed by atoms with Gasteiger partial charge in [0.1, 0.15) is 0 Å². The van der Waals surface area contributed by atoms with Gasteiger partial charge in [0, 0.05) is 61.7 Å². The summed E-state index contributed by atoms with van der Waals surface area (Å²) in [5, 5.41) is 7.17. The van der Waals surface area contributed by atoms with Crippen LogP contribution in [-0.4, -0.2) is 46.1 Å². The molecule has 0 bridgehead atoms. The molecule has 2 aromatic carbocycles. The Morgan fingerprint density at radius 1 is 1.02 bits per heavy atom. The third-order valence-electron chi connectivity index (χ3n) is 7.49. The molecular formula is C32H36N6OS. The summed E-state index contributed by atoms with van der Waals surface area (Å²) >= 11 is 5.85. The molecule has 0 spiro atoms. The number of carbonyl (C=O) groups excluding carboxylic acids is 1. The molecule has 1 aliphatic heterocycles. The number of rotatable bonds is 8. The van der Waals surface area contributed by atoms with Crippen molar-refractivity contribution in [1.29, 1.82) is 0 Å². The molecule has 5 rings (SSSR count). The number of hydrogen-bond donors (Lipinski definition) is 2. The molecule has 1 fully saturated rings. The molecule has 0 saturated carbocycles. The Balaban J connectivity index is 1.46. The van der Waals surface area contributed by atoms with Crippen molar-refractivity contribution in [2.45, 2.75) is 39.3 Å². The van der Waals surface area contributed by atoms with Crippen LogP contribution >= 0.6 is 12.2 Å². The van der Waals surface area contributed by atoms with Crippen molar-refractivity contribution < 1.29 is 4.79 Å². The van der Waals surface area contributed by atoms with Crippen molar-refractivity contribution in [2.24, 2.45) is 0 Å². The highest BCUT2D eigenvalue weighted by Crippen LogP contribution is 2.41.